The van der Waals surface area contributed by atoms with Crippen LogP contribution >= 0.6 is 0 Å². The van der Waals surface area contributed by atoms with Crippen LogP contribution < -0.4 is 15.4 Å². The average Bonchev–Trinajstić information content (AvgIpc) is 2.57. The van der Waals surface area contributed by atoms with Gasteiger partial charge in [0.25, 0.3) is 0 Å². The number of halogens is 3. The second kappa shape index (κ2) is 9.62. The molecule has 0 saturated carbocycles. The maximum atomic E-state index is 12.5. The summed E-state index contributed by atoms with van der Waals surface area (Å²) in [7, 11) is -1.62. The van der Waals surface area contributed by atoms with Gasteiger partial charge in [-0.25, -0.2) is 13.1 Å². The van der Waals surface area contributed by atoms with Crippen LogP contribution in [0.1, 0.15) is 24.5 Å². The minimum Gasteiger partial charge on any atom is -0.356 e. The van der Waals surface area contributed by atoms with Crippen molar-refractivity contribution in [1.29, 1.82) is 0 Å². The summed E-state index contributed by atoms with van der Waals surface area (Å²) in [5, 5.41) is 5.98. The van der Waals surface area contributed by atoms with Crippen LogP contribution in [-0.4, -0.2) is 40.3 Å². The molecule has 6 nitrogen and oxygen atoms in total. The Morgan fingerprint density at radius 3 is 2.28 bits per heavy atom. The molecule has 0 saturated heterocycles. The fraction of sp³-hybridized carbons (Fsp3) is 0.533. The Labute approximate surface area is 146 Å². The number of hydrogen-bond acceptors (Lipinski definition) is 3. The van der Waals surface area contributed by atoms with Crippen molar-refractivity contribution in [3.05, 3.63) is 35.4 Å². The molecule has 0 unspecified atom stereocenters. The normalized spacial score (nSPS) is 12.9. The number of guanidine groups is 1. The van der Waals surface area contributed by atoms with Gasteiger partial charge in [-0.05, 0) is 31.0 Å². The number of aliphatic imine (C=N–C) groups is 1. The van der Waals surface area contributed by atoms with E-state index in [1.165, 1.54) is 12.1 Å². The largest absolute Gasteiger partial charge is 0.416 e. The topological polar surface area (TPSA) is 82.6 Å². The fourth-order valence-corrected chi connectivity index (χ4v) is 2.50. The SMILES string of the molecule is CCS(=O)(=O)NCCCNC(=NC)NCc1ccc(C(F)(F)F)cc1. The van der Waals surface area contributed by atoms with Crippen molar-refractivity contribution in [2.45, 2.75) is 26.1 Å². The molecular formula is C15H23F3N4O2S. The summed E-state index contributed by atoms with van der Waals surface area (Å²) in [5.41, 5.74) is -0.0000514. The highest BCUT2D eigenvalue weighted by molar-refractivity contribution is 7.89. The molecule has 10 heteroatoms. The highest BCUT2D eigenvalue weighted by atomic mass is 32.2. The molecule has 0 spiro atoms. The van der Waals surface area contributed by atoms with Gasteiger partial charge < -0.3 is 10.6 Å². The van der Waals surface area contributed by atoms with E-state index in [0.717, 1.165) is 12.1 Å². The third-order valence-corrected chi connectivity index (χ3v) is 4.72. The Balaban J connectivity index is 2.35. The van der Waals surface area contributed by atoms with Crippen LogP contribution in [0.2, 0.25) is 0 Å². The van der Waals surface area contributed by atoms with Crippen molar-refractivity contribution in [2.24, 2.45) is 4.99 Å². The van der Waals surface area contributed by atoms with Crippen molar-refractivity contribution >= 4 is 16.0 Å². The third-order valence-electron chi connectivity index (χ3n) is 3.31. The molecule has 1 aromatic rings. The zero-order valence-corrected chi connectivity index (χ0v) is 15.0. The Morgan fingerprint density at radius 1 is 1.12 bits per heavy atom. The van der Waals surface area contributed by atoms with Gasteiger partial charge in [0.2, 0.25) is 10.0 Å². The van der Waals surface area contributed by atoms with Gasteiger partial charge in [0.15, 0.2) is 5.96 Å². The maximum absolute atomic E-state index is 12.5. The molecule has 0 bridgehead atoms. The Morgan fingerprint density at radius 2 is 1.76 bits per heavy atom. The van der Waals surface area contributed by atoms with Crippen molar-refractivity contribution in [2.75, 3.05) is 25.9 Å². The van der Waals surface area contributed by atoms with Crippen LogP contribution in [-0.2, 0) is 22.7 Å². The van der Waals surface area contributed by atoms with Crippen LogP contribution in [0.3, 0.4) is 0 Å². The molecular weight excluding hydrogens is 357 g/mol. The van der Waals surface area contributed by atoms with E-state index in [1.54, 1.807) is 14.0 Å². The van der Waals surface area contributed by atoms with Gasteiger partial charge in [0.1, 0.15) is 0 Å². The lowest BCUT2D eigenvalue weighted by Gasteiger charge is -2.13. The zero-order chi connectivity index (χ0) is 18.9. The van der Waals surface area contributed by atoms with Crippen LogP contribution in [0.5, 0.6) is 0 Å². The van der Waals surface area contributed by atoms with Gasteiger partial charge >= 0.3 is 6.18 Å². The molecule has 0 atom stereocenters. The van der Waals surface area contributed by atoms with E-state index in [9.17, 15) is 21.6 Å². The number of sulfonamides is 1. The highest BCUT2D eigenvalue weighted by Crippen LogP contribution is 2.28. The van der Waals surface area contributed by atoms with Crippen LogP contribution in [0.25, 0.3) is 0 Å². The molecule has 25 heavy (non-hydrogen) atoms. The summed E-state index contributed by atoms with van der Waals surface area (Å²) in [6.07, 6.45) is -3.77. The van der Waals surface area contributed by atoms with Crippen LogP contribution in [0, 0.1) is 0 Å². The van der Waals surface area contributed by atoms with Gasteiger partial charge in [0.05, 0.1) is 11.3 Å². The lowest BCUT2D eigenvalue weighted by molar-refractivity contribution is -0.137. The molecule has 0 aliphatic heterocycles. The summed E-state index contributed by atoms with van der Waals surface area (Å²) in [5.74, 6) is 0.523. The molecule has 0 aromatic heterocycles. The fourth-order valence-electron chi connectivity index (χ4n) is 1.84. The Hall–Kier alpha value is -1.81. The molecule has 0 aliphatic rings. The Bertz CT molecular complexity index is 658. The summed E-state index contributed by atoms with van der Waals surface area (Å²) in [6, 6.07) is 4.88. The number of alkyl halides is 3. The maximum Gasteiger partial charge on any atom is 0.416 e. The first kappa shape index (κ1) is 21.2. The molecule has 3 N–H and O–H groups in total. The second-order valence-corrected chi connectivity index (χ2v) is 7.29. The third kappa shape index (κ3) is 8.21. The smallest absolute Gasteiger partial charge is 0.356 e. The summed E-state index contributed by atoms with van der Waals surface area (Å²) < 4.78 is 62.5. The lowest BCUT2D eigenvalue weighted by Crippen LogP contribution is -2.38. The Kier molecular flexibility index (Phi) is 8.17. The quantitative estimate of drug-likeness (QED) is 0.364. The van der Waals surface area contributed by atoms with Crippen LogP contribution in [0.15, 0.2) is 29.3 Å². The number of rotatable bonds is 8. The standard InChI is InChI=1S/C15H23F3N4O2S/c1-3-25(23,24)22-10-4-9-20-14(19-2)21-11-12-5-7-13(8-6-12)15(16,17)18/h5-8,22H,3-4,9-11H2,1-2H3,(H2,19,20,21). The van der Waals surface area contributed by atoms with E-state index in [4.69, 9.17) is 0 Å². The van der Waals surface area contributed by atoms with Crippen molar-refractivity contribution < 1.29 is 21.6 Å². The first-order chi connectivity index (χ1) is 11.7. The number of nitrogens with zero attached hydrogens (tertiary/aromatic N) is 1. The molecule has 0 aliphatic carbocycles. The zero-order valence-electron chi connectivity index (χ0n) is 14.2. The van der Waals surface area contributed by atoms with E-state index >= 15 is 0 Å². The number of nitrogens with one attached hydrogen (secondary N) is 3. The van der Waals surface area contributed by atoms with Crippen molar-refractivity contribution in [3.8, 4) is 0 Å². The summed E-state index contributed by atoms with van der Waals surface area (Å²) >= 11 is 0. The summed E-state index contributed by atoms with van der Waals surface area (Å²) in [6.45, 7) is 2.70. The van der Waals surface area contributed by atoms with E-state index in [2.05, 4.69) is 20.3 Å². The molecule has 142 valence electrons. The first-order valence-corrected chi connectivity index (χ1v) is 9.41. The molecule has 0 amide bonds. The van der Waals surface area contributed by atoms with Crippen molar-refractivity contribution in [1.82, 2.24) is 15.4 Å². The van der Waals surface area contributed by atoms with Gasteiger partial charge in [0, 0.05) is 26.7 Å². The van der Waals surface area contributed by atoms with Gasteiger partial charge in [-0.3, -0.25) is 4.99 Å². The molecule has 0 heterocycles. The average molecular weight is 380 g/mol. The van der Waals surface area contributed by atoms with E-state index in [1.807, 2.05) is 0 Å². The predicted octanol–water partition coefficient (Wildman–Crippen LogP) is 1.70. The van der Waals surface area contributed by atoms with E-state index in [-0.39, 0.29) is 5.75 Å². The minimum atomic E-state index is -4.34. The van der Waals surface area contributed by atoms with E-state index < -0.39 is 21.8 Å². The van der Waals surface area contributed by atoms with Gasteiger partial charge in [-0.1, -0.05) is 12.1 Å². The predicted molar refractivity (Wildman–Crippen MR) is 91.7 cm³/mol. The van der Waals surface area contributed by atoms with Gasteiger partial charge in [-0.15, -0.1) is 0 Å². The van der Waals surface area contributed by atoms with Gasteiger partial charge in [-0.2, -0.15) is 13.2 Å². The van der Waals surface area contributed by atoms with E-state index in [0.29, 0.717) is 37.6 Å². The summed E-state index contributed by atoms with van der Waals surface area (Å²) in [4.78, 5) is 4.00. The minimum absolute atomic E-state index is 0.0385. The second-order valence-electron chi connectivity index (χ2n) is 5.20. The number of hydrogen-bond donors (Lipinski definition) is 3. The first-order valence-electron chi connectivity index (χ1n) is 7.76. The molecule has 0 radical (unpaired) electrons. The molecule has 1 aromatic carbocycles. The number of benzene rings is 1. The molecule has 1 rings (SSSR count). The highest BCUT2D eigenvalue weighted by Gasteiger charge is 2.29. The lowest BCUT2D eigenvalue weighted by atomic mass is 10.1. The monoisotopic (exact) mass is 380 g/mol. The van der Waals surface area contributed by atoms with Crippen molar-refractivity contribution in [3.63, 3.8) is 0 Å². The molecule has 0 fully saturated rings. The van der Waals surface area contributed by atoms with Crippen LogP contribution in [0.4, 0.5) is 13.2 Å².